The Hall–Kier alpha value is -3.02. The number of ether oxygens (including phenoxy) is 2. The van der Waals surface area contributed by atoms with Crippen molar-refractivity contribution < 1.29 is 19.1 Å². The van der Waals surface area contributed by atoms with E-state index in [-0.39, 0.29) is 11.8 Å². The third-order valence-electron chi connectivity index (χ3n) is 4.49. The average molecular weight is 368 g/mol. The number of nitrogens with one attached hydrogen (secondary N) is 1. The average Bonchev–Trinajstić information content (AvgIpc) is 3.22. The third kappa shape index (κ3) is 4.39. The maximum Gasteiger partial charge on any atom is 0.255 e. The predicted octanol–water partition coefficient (Wildman–Crippen LogP) is 3.58. The summed E-state index contributed by atoms with van der Waals surface area (Å²) in [6.07, 6.45) is 2.09. The topological polar surface area (TPSA) is 67.9 Å². The van der Waals surface area contributed by atoms with E-state index in [9.17, 15) is 9.59 Å². The number of hydrogen-bond donors (Lipinski definition) is 1. The van der Waals surface area contributed by atoms with Crippen molar-refractivity contribution in [3.8, 4) is 11.5 Å². The number of carbonyl (C=O) groups excluding carboxylic acids is 2. The molecule has 6 nitrogen and oxygen atoms in total. The molecule has 0 atom stereocenters. The number of benzene rings is 2. The molecule has 1 fully saturated rings. The molecule has 0 aliphatic carbocycles. The molecule has 6 heteroatoms. The lowest BCUT2D eigenvalue weighted by Crippen LogP contribution is -2.27. The Labute approximate surface area is 159 Å². The highest BCUT2D eigenvalue weighted by Gasteiger charge is 2.20. The van der Waals surface area contributed by atoms with Gasteiger partial charge in [-0.05, 0) is 56.2 Å². The van der Waals surface area contributed by atoms with Crippen LogP contribution in [0.4, 0.5) is 5.69 Å². The summed E-state index contributed by atoms with van der Waals surface area (Å²) in [6, 6.07) is 12.1. The van der Waals surface area contributed by atoms with Crippen LogP contribution in [0.5, 0.6) is 11.5 Å². The van der Waals surface area contributed by atoms with Crippen molar-refractivity contribution in [2.75, 3.05) is 32.1 Å². The lowest BCUT2D eigenvalue weighted by atomic mass is 10.1. The van der Waals surface area contributed by atoms with Crippen molar-refractivity contribution in [1.82, 2.24) is 4.90 Å². The highest BCUT2D eigenvalue weighted by atomic mass is 16.5. The van der Waals surface area contributed by atoms with E-state index < -0.39 is 0 Å². The highest BCUT2D eigenvalue weighted by molar-refractivity contribution is 6.05. The van der Waals surface area contributed by atoms with Gasteiger partial charge in [0.2, 0.25) is 0 Å². The fourth-order valence-corrected chi connectivity index (χ4v) is 3.12. The maximum atomic E-state index is 12.6. The van der Waals surface area contributed by atoms with E-state index in [0.717, 1.165) is 25.9 Å². The summed E-state index contributed by atoms with van der Waals surface area (Å²) in [4.78, 5) is 27.0. The van der Waals surface area contributed by atoms with Crippen molar-refractivity contribution in [3.63, 3.8) is 0 Å². The molecule has 2 aromatic rings. The van der Waals surface area contributed by atoms with Crippen LogP contribution in [-0.4, -0.2) is 43.5 Å². The zero-order valence-corrected chi connectivity index (χ0v) is 15.7. The first-order valence-electron chi connectivity index (χ1n) is 9.14. The SMILES string of the molecule is CCOc1cc(C(=O)Nc2cccc(C(=O)N3CCCC3)c2)ccc1OC. The van der Waals surface area contributed by atoms with Gasteiger partial charge in [-0.2, -0.15) is 0 Å². The Bertz CT molecular complexity index is 829. The van der Waals surface area contributed by atoms with Crippen LogP contribution in [0, 0.1) is 0 Å². The summed E-state index contributed by atoms with van der Waals surface area (Å²) < 4.78 is 10.8. The normalized spacial score (nSPS) is 13.3. The van der Waals surface area contributed by atoms with Crippen LogP contribution in [-0.2, 0) is 0 Å². The van der Waals surface area contributed by atoms with Crippen LogP contribution in [0.1, 0.15) is 40.5 Å². The molecule has 0 spiro atoms. The van der Waals surface area contributed by atoms with Gasteiger partial charge in [-0.25, -0.2) is 0 Å². The molecule has 2 aromatic carbocycles. The minimum Gasteiger partial charge on any atom is -0.493 e. The smallest absolute Gasteiger partial charge is 0.255 e. The first-order chi connectivity index (χ1) is 13.1. The van der Waals surface area contributed by atoms with E-state index in [2.05, 4.69) is 5.32 Å². The molecule has 1 aliphatic rings. The van der Waals surface area contributed by atoms with E-state index in [1.807, 2.05) is 11.8 Å². The summed E-state index contributed by atoms with van der Waals surface area (Å²) in [5, 5.41) is 2.84. The molecule has 1 heterocycles. The molecule has 1 saturated heterocycles. The number of hydrogen-bond acceptors (Lipinski definition) is 4. The van der Waals surface area contributed by atoms with Crippen molar-refractivity contribution in [2.24, 2.45) is 0 Å². The molecule has 1 N–H and O–H groups in total. The number of nitrogens with zero attached hydrogens (tertiary/aromatic N) is 1. The van der Waals surface area contributed by atoms with Crippen LogP contribution in [0.2, 0.25) is 0 Å². The molecule has 0 bridgehead atoms. The van der Waals surface area contributed by atoms with Crippen molar-refractivity contribution >= 4 is 17.5 Å². The van der Waals surface area contributed by atoms with Crippen LogP contribution < -0.4 is 14.8 Å². The number of likely N-dealkylation sites (tertiary alicyclic amines) is 1. The second-order valence-electron chi connectivity index (χ2n) is 6.33. The summed E-state index contributed by atoms with van der Waals surface area (Å²) >= 11 is 0. The number of rotatable bonds is 6. The maximum absolute atomic E-state index is 12.6. The molecule has 27 heavy (non-hydrogen) atoms. The molecule has 0 radical (unpaired) electrons. The van der Waals surface area contributed by atoms with Crippen LogP contribution in [0.25, 0.3) is 0 Å². The first-order valence-corrected chi connectivity index (χ1v) is 9.14. The van der Waals surface area contributed by atoms with Gasteiger partial charge in [0, 0.05) is 29.9 Å². The van der Waals surface area contributed by atoms with Gasteiger partial charge in [0.1, 0.15) is 0 Å². The van der Waals surface area contributed by atoms with Gasteiger partial charge in [0.15, 0.2) is 11.5 Å². The quantitative estimate of drug-likeness (QED) is 0.846. The van der Waals surface area contributed by atoms with Crippen molar-refractivity contribution in [3.05, 3.63) is 53.6 Å². The fourth-order valence-electron chi connectivity index (χ4n) is 3.12. The third-order valence-corrected chi connectivity index (χ3v) is 4.49. The predicted molar refractivity (Wildman–Crippen MR) is 104 cm³/mol. The number of methoxy groups -OCH3 is 1. The minimum atomic E-state index is -0.274. The molecule has 142 valence electrons. The van der Waals surface area contributed by atoms with Gasteiger partial charge in [0.25, 0.3) is 11.8 Å². The number of anilines is 1. The first kappa shape index (κ1) is 18.8. The minimum absolute atomic E-state index is 0.00618. The molecular weight excluding hydrogens is 344 g/mol. The Morgan fingerprint density at radius 3 is 2.52 bits per heavy atom. The van der Waals surface area contributed by atoms with Gasteiger partial charge < -0.3 is 19.7 Å². The van der Waals surface area contributed by atoms with E-state index in [1.54, 1.807) is 49.6 Å². The Morgan fingerprint density at radius 2 is 1.81 bits per heavy atom. The lowest BCUT2D eigenvalue weighted by Gasteiger charge is -2.16. The molecule has 0 saturated carbocycles. The summed E-state index contributed by atoms with van der Waals surface area (Å²) in [6.45, 7) is 3.93. The van der Waals surface area contributed by atoms with Crippen molar-refractivity contribution in [1.29, 1.82) is 0 Å². The zero-order valence-electron chi connectivity index (χ0n) is 15.7. The largest absolute Gasteiger partial charge is 0.493 e. The molecule has 3 rings (SSSR count). The van der Waals surface area contributed by atoms with Crippen LogP contribution in [0.3, 0.4) is 0 Å². The van der Waals surface area contributed by atoms with E-state index >= 15 is 0 Å². The Balaban J connectivity index is 1.75. The monoisotopic (exact) mass is 368 g/mol. The summed E-state index contributed by atoms with van der Waals surface area (Å²) in [7, 11) is 1.56. The Morgan fingerprint density at radius 1 is 1.04 bits per heavy atom. The van der Waals surface area contributed by atoms with Gasteiger partial charge in [-0.15, -0.1) is 0 Å². The van der Waals surface area contributed by atoms with Crippen LogP contribution in [0.15, 0.2) is 42.5 Å². The van der Waals surface area contributed by atoms with E-state index in [0.29, 0.717) is 34.9 Å². The molecular formula is C21H24N2O4. The standard InChI is InChI=1S/C21H24N2O4/c1-3-27-19-14-15(9-10-18(19)26-2)20(24)22-17-8-6-7-16(13-17)21(25)23-11-4-5-12-23/h6-10,13-14H,3-5,11-12H2,1-2H3,(H,22,24). The van der Waals surface area contributed by atoms with Gasteiger partial charge in [0.05, 0.1) is 13.7 Å². The second-order valence-corrected chi connectivity index (χ2v) is 6.33. The summed E-state index contributed by atoms with van der Waals surface area (Å²) in [5.41, 5.74) is 1.62. The number of amides is 2. The van der Waals surface area contributed by atoms with Crippen molar-refractivity contribution in [2.45, 2.75) is 19.8 Å². The van der Waals surface area contributed by atoms with Gasteiger partial charge >= 0.3 is 0 Å². The molecule has 2 amide bonds. The number of carbonyl (C=O) groups is 2. The fraction of sp³-hybridized carbons (Fsp3) is 0.333. The van der Waals surface area contributed by atoms with Gasteiger partial charge in [-0.3, -0.25) is 9.59 Å². The Kier molecular flexibility index (Phi) is 5.96. The lowest BCUT2D eigenvalue weighted by molar-refractivity contribution is 0.0792. The molecule has 0 unspecified atom stereocenters. The van der Waals surface area contributed by atoms with E-state index in [1.165, 1.54) is 0 Å². The second kappa shape index (κ2) is 8.58. The van der Waals surface area contributed by atoms with Gasteiger partial charge in [-0.1, -0.05) is 6.07 Å². The zero-order chi connectivity index (χ0) is 19.2. The molecule has 0 aromatic heterocycles. The van der Waals surface area contributed by atoms with E-state index in [4.69, 9.17) is 9.47 Å². The highest BCUT2D eigenvalue weighted by Crippen LogP contribution is 2.28. The molecule has 1 aliphatic heterocycles. The van der Waals surface area contributed by atoms with Crippen LogP contribution >= 0.6 is 0 Å². The summed E-state index contributed by atoms with van der Waals surface area (Å²) in [5.74, 6) is 0.827.